The van der Waals surface area contributed by atoms with Crippen LogP contribution < -0.4 is 0 Å². The molecule has 0 N–H and O–H groups in total. The molecule has 136 valence electrons. The Bertz CT molecular complexity index is 931. The number of rotatable bonds is 4. The molecule has 1 aliphatic rings. The summed E-state index contributed by atoms with van der Waals surface area (Å²) in [5.74, 6) is 0. The number of nitrogens with zero attached hydrogens (tertiary/aromatic N) is 5. The van der Waals surface area contributed by atoms with E-state index in [9.17, 15) is 10.1 Å². The number of hydrogen-bond donors (Lipinski definition) is 0. The number of thiazole rings is 1. The third-order valence-electron chi connectivity index (χ3n) is 5.05. The lowest BCUT2D eigenvalue weighted by Crippen LogP contribution is -2.35. The lowest BCUT2D eigenvalue weighted by molar-refractivity contribution is -0.386. The van der Waals surface area contributed by atoms with Gasteiger partial charge in [-0.3, -0.25) is 15.0 Å². The lowest BCUT2D eigenvalue weighted by atomic mass is 10.0. The second-order valence-electron chi connectivity index (χ2n) is 6.76. The minimum atomic E-state index is -0.338. The highest BCUT2D eigenvalue weighted by Crippen LogP contribution is 2.36. The van der Waals surface area contributed by atoms with E-state index in [2.05, 4.69) is 16.1 Å². The van der Waals surface area contributed by atoms with Gasteiger partial charge in [0, 0.05) is 6.54 Å². The molecular formula is C18H21N5O2S. The van der Waals surface area contributed by atoms with Crippen LogP contribution in [0.1, 0.15) is 41.7 Å². The van der Waals surface area contributed by atoms with Crippen molar-refractivity contribution in [1.82, 2.24) is 19.7 Å². The first-order valence-electron chi connectivity index (χ1n) is 8.82. The van der Waals surface area contributed by atoms with Crippen LogP contribution in [-0.2, 0) is 6.67 Å². The van der Waals surface area contributed by atoms with E-state index in [0.29, 0.717) is 18.1 Å². The second kappa shape index (κ2) is 6.77. The maximum Gasteiger partial charge on any atom is 0.312 e. The Labute approximate surface area is 155 Å². The number of benzene rings is 1. The molecule has 1 aliphatic heterocycles. The van der Waals surface area contributed by atoms with E-state index in [-0.39, 0.29) is 16.7 Å². The Kier molecular flexibility index (Phi) is 4.46. The van der Waals surface area contributed by atoms with Gasteiger partial charge in [0.05, 0.1) is 27.9 Å². The number of piperidine rings is 1. The zero-order valence-electron chi connectivity index (χ0n) is 14.9. The van der Waals surface area contributed by atoms with Crippen molar-refractivity contribution >= 4 is 27.2 Å². The molecule has 3 aromatic rings. The van der Waals surface area contributed by atoms with E-state index in [0.717, 1.165) is 29.9 Å². The Morgan fingerprint density at radius 2 is 2.12 bits per heavy atom. The zero-order chi connectivity index (χ0) is 18.3. The van der Waals surface area contributed by atoms with Crippen LogP contribution in [0, 0.1) is 24.0 Å². The van der Waals surface area contributed by atoms with Gasteiger partial charge in [-0.15, -0.1) is 11.3 Å². The predicted molar refractivity (Wildman–Crippen MR) is 101 cm³/mol. The van der Waals surface area contributed by atoms with Gasteiger partial charge < -0.3 is 0 Å². The summed E-state index contributed by atoms with van der Waals surface area (Å²) in [5, 5.41) is 16.8. The van der Waals surface area contributed by atoms with Gasteiger partial charge in [-0.2, -0.15) is 5.10 Å². The molecular weight excluding hydrogens is 350 g/mol. The number of aryl methyl sites for hydroxylation is 1. The fourth-order valence-corrected chi connectivity index (χ4v) is 4.87. The zero-order valence-corrected chi connectivity index (χ0v) is 15.7. The molecule has 1 atom stereocenters. The van der Waals surface area contributed by atoms with Crippen molar-refractivity contribution in [2.75, 3.05) is 6.54 Å². The smallest absolute Gasteiger partial charge is 0.275 e. The fourth-order valence-electron chi connectivity index (χ4n) is 3.73. The quantitative estimate of drug-likeness (QED) is 0.507. The van der Waals surface area contributed by atoms with Gasteiger partial charge in [-0.1, -0.05) is 18.6 Å². The maximum absolute atomic E-state index is 11.3. The van der Waals surface area contributed by atoms with Crippen LogP contribution in [0.15, 0.2) is 24.3 Å². The average Bonchev–Trinajstić information content (AvgIpc) is 3.16. The molecule has 0 radical (unpaired) electrons. The van der Waals surface area contributed by atoms with Crippen molar-refractivity contribution in [2.24, 2.45) is 0 Å². The molecule has 1 saturated heterocycles. The lowest BCUT2D eigenvalue weighted by Gasteiger charge is -2.34. The number of hydrogen-bond acceptors (Lipinski definition) is 6. The van der Waals surface area contributed by atoms with E-state index >= 15 is 0 Å². The molecule has 7 nitrogen and oxygen atoms in total. The van der Waals surface area contributed by atoms with Gasteiger partial charge >= 0.3 is 5.69 Å². The Balaban J connectivity index is 1.64. The van der Waals surface area contributed by atoms with Gasteiger partial charge in [0.1, 0.15) is 16.4 Å². The van der Waals surface area contributed by atoms with Crippen LogP contribution in [0.25, 0.3) is 10.2 Å². The summed E-state index contributed by atoms with van der Waals surface area (Å²) in [4.78, 5) is 18.1. The van der Waals surface area contributed by atoms with Crippen LogP contribution in [0.5, 0.6) is 0 Å². The number of para-hydroxylation sites is 1. The molecule has 3 heterocycles. The van der Waals surface area contributed by atoms with Gasteiger partial charge in [0.15, 0.2) is 0 Å². The first kappa shape index (κ1) is 17.1. The summed E-state index contributed by atoms with van der Waals surface area (Å²) in [7, 11) is 0. The summed E-state index contributed by atoms with van der Waals surface area (Å²) >= 11 is 1.74. The molecule has 0 spiro atoms. The molecule has 4 rings (SSSR count). The van der Waals surface area contributed by atoms with Crippen molar-refractivity contribution in [1.29, 1.82) is 0 Å². The summed E-state index contributed by atoms with van der Waals surface area (Å²) in [6.07, 6.45) is 3.36. The fraction of sp³-hybridized carbons (Fsp3) is 0.444. The first-order valence-corrected chi connectivity index (χ1v) is 9.64. The highest BCUT2D eigenvalue weighted by molar-refractivity contribution is 7.18. The highest BCUT2D eigenvalue weighted by Gasteiger charge is 2.29. The molecule has 26 heavy (non-hydrogen) atoms. The molecule has 2 aromatic heterocycles. The summed E-state index contributed by atoms with van der Waals surface area (Å²) in [6.45, 7) is 4.98. The second-order valence-corrected chi connectivity index (χ2v) is 7.82. The average molecular weight is 371 g/mol. The molecule has 1 fully saturated rings. The van der Waals surface area contributed by atoms with Crippen LogP contribution >= 0.6 is 11.3 Å². The summed E-state index contributed by atoms with van der Waals surface area (Å²) in [6, 6.07) is 8.45. The summed E-state index contributed by atoms with van der Waals surface area (Å²) in [5.41, 5.74) is 2.25. The molecule has 8 heteroatoms. The molecule has 0 amide bonds. The Hall–Kier alpha value is -2.32. The maximum atomic E-state index is 11.3. The van der Waals surface area contributed by atoms with Crippen molar-refractivity contribution in [2.45, 2.75) is 45.8 Å². The topological polar surface area (TPSA) is 77.1 Å². The van der Waals surface area contributed by atoms with Crippen molar-refractivity contribution in [3.63, 3.8) is 0 Å². The normalized spacial score (nSPS) is 18.5. The molecule has 0 unspecified atom stereocenters. The Morgan fingerprint density at radius 1 is 1.31 bits per heavy atom. The molecule has 0 aliphatic carbocycles. The van der Waals surface area contributed by atoms with E-state index in [1.54, 1.807) is 29.9 Å². The van der Waals surface area contributed by atoms with Crippen LogP contribution in [0.2, 0.25) is 0 Å². The third-order valence-corrected chi connectivity index (χ3v) is 6.19. The van der Waals surface area contributed by atoms with Crippen LogP contribution in [0.4, 0.5) is 5.69 Å². The molecule has 1 aromatic carbocycles. The first-order chi connectivity index (χ1) is 12.5. The van der Waals surface area contributed by atoms with Gasteiger partial charge in [0.2, 0.25) is 0 Å². The SMILES string of the molecule is Cc1nn(CN2CCCC[C@@H]2c2nc3ccccc3s2)c(C)c1[N+](=O)[O-]. The van der Waals surface area contributed by atoms with Crippen LogP contribution in [-0.4, -0.2) is 31.1 Å². The van der Waals surface area contributed by atoms with Crippen molar-refractivity contribution < 1.29 is 4.92 Å². The highest BCUT2D eigenvalue weighted by atomic mass is 32.1. The number of nitro groups is 1. The minimum Gasteiger partial charge on any atom is -0.275 e. The molecule has 0 bridgehead atoms. The standard InChI is InChI=1S/C18H21N5O2S/c1-12-17(23(24)25)13(2)22(20-12)11-21-10-6-5-8-15(21)18-19-14-7-3-4-9-16(14)26-18/h3-4,7,9,15H,5-6,8,10-11H2,1-2H3/t15-/m1/s1. The summed E-state index contributed by atoms with van der Waals surface area (Å²) < 4.78 is 2.97. The third kappa shape index (κ3) is 2.99. The van der Waals surface area contributed by atoms with Gasteiger partial charge in [-0.25, -0.2) is 9.67 Å². The van der Waals surface area contributed by atoms with Crippen molar-refractivity contribution in [3.05, 3.63) is 50.8 Å². The van der Waals surface area contributed by atoms with E-state index in [1.807, 2.05) is 18.2 Å². The van der Waals surface area contributed by atoms with Gasteiger partial charge in [-0.05, 0) is 38.8 Å². The minimum absolute atomic E-state index is 0.124. The number of fused-ring (bicyclic) bond motifs is 1. The van der Waals surface area contributed by atoms with E-state index in [4.69, 9.17) is 4.98 Å². The Morgan fingerprint density at radius 3 is 2.85 bits per heavy atom. The monoisotopic (exact) mass is 371 g/mol. The van der Waals surface area contributed by atoms with E-state index < -0.39 is 0 Å². The molecule has 0 saturated carbocycles. The van der Waals surface area contributed by atoms with E-state index in [1.165, 1.54) is 11.1 Å². The number of aromatic nitrogens is 3. The van der Waals surface area contributed by atoms with Gasteiger partial charge in [0.25, 0.3) is 0 Å². The van der Waals surface area contributed by atoms with Crippen LogP contribution in [0.3, 0.4) is 0 Å². The largest absolute Gasteiger partial charge is 0.312 e. The predicted octanol–water partition coefficient (Wildman–Crippen LogP) is 4.20. The van der Waals surface area contributed by atoms with Crippen molar-refractivity contribution in [3.8, 4) is 0 Å². The number of likely N-dealkylation sites (tertiary alicyclic amines) is 1.